The SMILES string of the molecule is O=C(Nc1nc2ccc(F)nc2s1)/C(=N/O[C@@H]1CCOC1)c1ccc(S(=O)(=O)C2CC2)cc1. The molecule has 1 amide bonds. The zero-order valence-corrected chi connectivity index (χ0v) is 18.9. The summed E-state index contributed by atoms with van der Waals surface area (Å²) in [6.07, 6.45) is 1.69. The summed E-state index contributed by atoms with van der Waals surface area (Å²) in [6.45, 7) is 0.913. The van der Waals surface area contributed by atoms with Crippen LogP contribution < -0.4 is 5.32 Å². The van der Waals surface area contributed by atoms with E-state index in [1.54, 1.807) is 0 Å². The van der Waals surface area contributed by atoms with E-state index in [1.165, 1.54) is 36.4 Å². The Morgan fingerprint density at radius 1 is 1.15 bits per heavy atom. The van der Waals surface area contributed by atoms with Crippen molar-refractivity contribution in [2.75, 3.05) is 18.5 Å². The first kappa shape index (κ1) is 21.9. The van der Waals surface area contributed by atoms with Gasteiger partial charge in [0.1, 0.15) is 10.3 Å². The molecule has 1 aliphatic carbocycles. The minimum Gasteiger partial charge on any atom is -0.389 e. The number of amides is 1. The summed E-state index contributed by atoms with van der Waals surface area (Å²) in [5.41, 5.74) is 0.784. The number of nitrogens with one attached hydrogen (secondary N) is 1. The Morgan fingerprint density at radius 2 is 1.94 bits per heavy atom. The maximum atomic E-state index is 13.4. The molecule has 2 fully saturated rings. The molecule has 5 rings (SSSR count). The summed E-state index contributed by atoms with van der Waals surface area (Å²) in [5, 5.41) is 6.59. The van der Waals surface area contributed by atoms with Gasteiger partial charge in [-0.1, -0.05) is 28.6 Å². The summed E-state index contributed by atoms with van der Waals surface area (Å²) < 4.78 is 43.6. The number of fused-ring (bicyclic) bond motifs is 1. The van der Waals surface area contributed by atoms with Crippen molar-refractivity contribution in [3.8, 4) is 0 Å². The third-order valence-corrected chi connectivity index (χ3v) is 8.42. The van der Waals surface area contributed by atoms with Crippen LogP contribution in [0.2, 0.25) is 0 Å². The Balaban J connectivity index is 1.41. The van der Waals surface area contributed by atoms with E-state index in [2.05, 4.69) is 20.4 Å². The highest BCUT2D eigenvalue weighted by Gasteiger charge is 2.36. The van der Waals surface area contributed by atoms with Crippen LogP contribution in [-0.2, 0) is 24.2 Å². The van der Waals surface area contributed by atoms with Gasteiger partial charge < -0.3 is 9.57 Å². The van der Waals surface area contributed by atoms with Gasteiger partial charge in [-0.05, 0) is 37.1 Å². The third kappa shape index (κ3) is 4.72. The first-order chi connectivity index (χ1) is 15.9. The fraction of sp³-hybridized carbons (Fsp3) is 0.333. The number of thiazole rings is 1. The number of rotatable bonds is 7. The van der Waals surface area contributed by atoms with Crippen LogP contribution in [0.25, 0.3) is 10.3 Å². The van der Waals surface area contributed by atoms with Gasteiger partial charge in [0.05, 0.1) is 23.4 Å². The number of benzene rings is 1. The zero-order chi connectivity index (χ0) is 23.0. The van der Waals surface area contributed by atoms with Gasteiger partial charge in [0, 0.05) is 12.0 Å². The number of carbonyl (C=O) groups excluding carboxylic acids is 1. The van der Waals surface area contributed by atoms with Crippen molar-refractivity contribution in [3.05, 3.63) is 47.9 Å². The number of sulfone groups is 1. The highest BCUT2D eigenvalue weighted by molar-refractivity contribution is 7.92. The number of nitrogens with zero attached hydrogens (tertiary/aromatic N) is 3. The van der Waals surface area contributed by atoms with Crippen molar-refractivity contribution in [2.24, 2.45) is 5.16 Å². The number of aromatic nitrogens is 2. The van der Waals surface area contributed by atoms with E-state index >= 15 is 0 Å². The molecule has 2 aliphatic rings. The Hall–Kier alpha value is -2.96. The number of halogens is 1. The lowest BCUT2D eigenvalue weighted by Gasteiger charge is -2.10. The minimum absolute atomic E-state index is 0.0457. The lowest BCUT2D eigenvalue weighted by Crippen LogP contribution is -2.25. The summed E-state index contributed by atoms with van der Waals surface area (Å²) >= 11 is 1.02. The number of ether oxygens (including phenoxy) is 1. The molecule has 0 unspecified atom stereocenters. The summed E-state index contributed by atoms with van der Waals surface area (Å²) in [4.78, 5) is 27.1. The van der Waals surface area contributed by atoms with E-state index < -0.39 is 21.7 Å². The lowest BCUT2D eigenvalue weighted by atomic mass is 10.1. The largest absolute Gasteiger partial charge is 0.389 e. The fourth-order valence-electron chi connectivity index (χ4n) is 3.33. The predicted molar refractivity (Wildman–Crippen MR) is 119 cm³/mol. The Bertz CT molecular complexity index is 1330. The molecule has 0 bridgehead atoms. The molecule has 33 heavy (non-hydrogen) atoms. The topological polar surface area (TPSA) is 120 Å². The monoisotopic (exact) mass is 490 g/mol. The molecular weight excluding hydrogens is 471 g/mol. The number of carbonyl (C=O) groups is 1. The number of oxime groups is 1. The fourth-order valence-corrected chi connectivity index (χ4v) is 5.81. The maximum Gasteiger partial charge on any atom is 0.280 e. The van der Waals surface area contributed by atoms with Crippen molar-refractivity contribution in [2.45, 2.75) is 35.5 Å². The molecule has 0 radical (unpaired) electrons. The normalized spacial score (nSPS) is 19.1. The number of hydrogen-bond donors (Lipinski definition) is 1. The van der Waals surface area contributed by atoms with Crippen LogP contribution in [-0.4, -0.2) is 54.6 Å². The van der Waals surface area contributed by atoms with Gasteiger partial charge in [-0.3, -0.25) is 10.1 Å². The number of anilines is 1. The van der Waals surface area contributed by atoms with Gasteiger partial charge in [0.15, 0.2) is 26.8 Å². The van der Waals surface area contributed by atoms with E-state index in [4.69, 9.17) is 9.57 Å². The summed E-state index contributed by atoms with van der Waals surface area (Å²) in [6, 6.07) is 8.65. The minimum atomic E-state index is -3.35. The first-order valence-corrected chi connectivity index (χ1v) is 12.7. The highest BCUT2D eigenvalue weighted by atomic mass is 32.2. The molecule has 1 saturated carbocycles. The molecule has 0 spiro atoms. The van der Waals surface area contributed by atoms with Crippen LogP contribution in [0, 0.1) is 5.95 Å². The maximum absolute atomic E-state index is 13.4. The van der Waals surface area contributed by atoms with Crippen molar-refractivity contribution in [3.63, 3.8) is 0 Å². The van der Waals surface area contributed by atoms with Crippen molar-refractivity contribution < 1.29 is 27.2 Å². The highest BCUT2D eigenvalue weighted by Crippen LogP contribution is 2.33. The second kappa shape index (κ2) is 8.76. The Morgan fingerprint density at radius 3 is 2.64 bits per heavy atom. The average Bonchev–Trinajstić information content (AvgIpc) is 3.40. The van der Waals surface area contributed by atoms with E-state index in [0.717, 1.165) is 11.3 Å². The van der Waals surface area contributed by atoms with Crippen molar-refractivity contribution >= 4 is 48.3 Å². The molecule has 3 heterocycles. The molecule has 2 aromatic heterocycles. The molecule has 1 atom stereocenters. The smallest absolute Gasteiger partial charge is 0.280 e. The van der Waals surface area contributed by atoms with Crippen molar-refractivity contribution in [1.82, 2.24) is 9.97 Å². The lowest BCUT2D eigenvalue weighted by molar-refractivity contribution is -0.110. The van der Waals surface area contributed by atoms with Gasteiger partial charge >= 0.3 is 0 Å². The summed E-state index contributed by atoms with van der Waals surface area (Å²) in [5.74, 6) is -1.24. The van der Waals surface area contributed by atoms with Crippen LogP contribution in [0.3, 0.4) is 0 Å². The van der Waals surface area contributed by atoms with Gasteiger partial charge in [-0.15, -0.1) is 0 Å². The molecule has 3 aromatic rings. The first-order valence-electron chi connectivity index (χ1n) is 10.3. The molecule has 172 valence electrons. The zero-order valence-electron chi connectivity index (χ0n) is 17.2. The molecule has 12 heteroatoms. The molecule has 1 aliphatic heterocycles. The van der Waals surface area contributed by atoms with Gasteiger partial charge in [0.2, 0.25) is 5.95 Å². The van der Waals surface area contributed by atoms with Crippen molar-refractivity contribution in [1.29, 1.82) is 0 Å². The van der Waals surface area contributed by atoms with Gasteiger partial charge in [0.25, 0.3) is 5.91 Å². The van der Waals surface area contributed by atoms with E-state index in [0.29, 0.717) is 48.4 Å². The second-order valence-corrected chi connectivity index (χ2v) is 10.9. The number of hydrogen-bond acceptors (Lipinski definition) is 9. The molecule has 9 nitrogen and oxygen atoms in total. The van der Waals surface area contributed by atoms with Crippen LogP contribution >= 0.6 is 11.3 Å². The van der Waals surface area contributed by atoms with Crippen LogP contribution in [0.4, 0.5) is 9.52 Å². The van der Waals surface area contributed by atoms with Crippen LogP contribution in [0.5, 0.6) is 0 Å². The van der Waals surface area contributed by atoms with E-state index in [9.17, 15) is 17.6 Å². The quantitative estimate of drug-likeness (QED) is 0.307. The van der Waals surface area contributed by atoms with Gasteiger partial charge in [-0.25, -0.2) is 18.4 Å². The molecule has 1 N–H and O–H groups in total. The van der Waals surface area contributed by atoms with E-state index in [-0.39, 0.29) is 27.1 Å². The van der Waals surface area contributed by atoms with Crippen LogP contribution in [0.15, 0.2) is 46.4 Å². The molecule has 1 aromatic carbocycles. The average molecular weight is 491 g/mol. The number of pyridine rings is 1. The second-order valence-electron chi connectivity index (χ2n) is 7.73. The Labute approximate surface area is 192 Å². The standard InChI is InChI=1S/C21H19FN4O5S2/c22-17-8-7-16-20(24-17)32-21(23-16)25-19(27)18(26-31-13-9-10-30-11-13)12-1-3-14(4-2-12)33(28,29)15-5-6-15/h1-4,7-8,13,15H,5-6,9-11H2,(H,23,25,27)/b26-18+/t13-/m1/s1. The van der Waals surface area contributed by atoms with Crippen LogP contribution in [0.1, 0.15) is 24.8 Å². The summed E-state index contributed by atoms with van der Waals surface area (Å²) in [7, 11) is -3.35. The predicted octanol–water partition coefficient (Wildman–Crippen LogP) is 2.91. The molecule has 1 saturated heterocycles. The van der Waals surface area contributed by atoms with Gasteiger partial charge in [-0.2, -0.15) is 4.39 Å². The van der Waals surface area contributed by atoms with E-state index in [1.807, 2.05) is 0 Å². The third-order valence-electron chi connectivity index (χ3n) is 5.26. The molecular formula is C21H19FN4O5S2. The Kier molecular flexibility index (Phi) is 5.81.